The monoisotopic (exact) mass is 262 g/mol. The molecule has 0 spiro atoms. The number of amides is 1. The van der Waals surface area contributed by atoms with Gasteiger partial charge in [-0.1, -0.05) is 20.8 Å². The first-order valence-corrected chi connectivity index (χ1v) is 6.79. The maximum absolute atomic E-state index is 12.3. The van der Waals surface area contributed by atoms with E-state index < -0.39 is 0 Å². The summed E-state index contributed by atoms with van der Waals surface area (Å²) in [6.07, 6.45) is 6.13. The predicted molar refractivity (Wildman–Crippen MR) is 74.9 cm³/mol. The molecule has 2 rings (SSSR count). The van der Waals surface area contributed by atoms with E-state index in [0.29, 0.717) is 0 Å². The van der Waals surface area contributed by atoms with Crippen LogP contribution in [0.1, 0.15) is 27.2 Å². The maximum Gasteiger partial charge on any atom is 0.228 e. The largest absolute Gasteiger partial charge is 0.354 e. The summed E-state index contributed by atoms with van der Waals surface area (Å²) in [6, 6.07) is 0. The van der Waals surface area contributed by atoms with Crippen molar-refractivity contribution in [2.24, 2.45) is 5.41 Å². The number of aromatic nitrogens is 2. The van der Waals surface area contributed by atoms with Crippen molar-refractivity contribution in [3.8, 4) is 0 Å². The second-order valence-corrected chi connectivity index (χ2v) is 5.95. The number of carbonyl (C=O) groups is 1. The Balaban J connectivity index is 2.01. The fourth-order valence-corrected chi connectivity index (χ4v) is 2.28. The molecule has 0 radical (unpaired) electrons. The molecule has 0 N–H and O–H groups in total. The maximum atomic E-state index is 12.3. The van der Waals surface area contributed by atoms with Gasteiger partial charge >= 0.3 is 0 Å². The Bertz CT molecular complexity index is 427. The quantitative estimate of drug-likeness (QED) is 0.770. The van der Waals surface area contributed by atoms with Gasteiger partial charge in [0, 0.05) is 44.0 Å². The molecular formula is C14H22N4O. The van der Waals surface area contributed by atoms with Crippen LogP contribution in [0, 0.1) is 5.41 Å². The van der Waals surface area contributed by atoms with E-state index in [9.17, 15) is 4.79 Å². The summed E-state index contributed by atoms with van der Waals surface area (Å²) in [5.41, 5.74) is -0.304. The summed E-state index contributed by atoms with van der Waals surface area (Å²) >= 11 is 0. The van der Waals surface area contributed by atoms with Crippen molar-refractivity contribution in [3.63, 3.8) is 0 Å². The van der Waals surface area contributed by atoms with Gasteiger partial charge in [-0.2, -0.15) is 0 Å². The van der Waals surface area contributed by atoms with Crippen molar-refractivity contribution >= 4 is 11.7 Å². The van der Waals surface area contributed by atoms with Gasteiger partial charge in [-0.15, -0.1) is 0 Å². The molecule has 0 saturated carbocycles. The topological polar surface area (TPSA) is 49.3 Å². The minimum absolute atomic E-state index is 0.230. The molecule has 0 aromatic carbocycles. The summed E-state index contributed by atoms with van der Waals surface area (Å²) < 4.78 is 0. The van der Waals surface area contributed by atoms with Gasteiger partial charge in [-0.3, -0.25) is 9.78 Å². The van der Waals surface area contributed by atoms with Crippen LogP contribution in [-0.4, -0.2) is 47.0 Å². The highest BCUT2D eigenvalue weighted by molar-refractivity contribution is 5.81. The average Bonchev–Trinajstić information content (AvgIpc) is 2.63. The molecule has 5 nitrogen and oxygen atoms in total. The van der Waals surface area contributed by atoms with Crippen LogP contribution >= 0.6 is 0 Å². The van der Waals surface area contributed by atoms with Crippen molar-refractivity contribution in [2.75, 3.05) is 31.1 Å². The van der Waals surface area contributed by atoms with Gasteiger partial charge in [0.05, 0.1) is 6.20 Å². The molecule has 104 valence electrons. The Morgan fingerprint density at radius 3 is 2.58 bits per heavy atom. The molecule has 1 fully saturated rings. The third-order valence-electron chi connectivity index (χ3n) is 3.30. The van der Waals surface area contributed by atoms with Crippen molar-refractivity contribution in [2.45, 2.75) is 27.2 Å². The smallest absolute Gasteiger partial charge is 0.228 e. The summed E-state index contributed by atoms with van der Waals surface area (Å²) in [6.45, 7) is 9.24. The Kier molecular flexibility index (Phi) is 4.02. The van der Waals surface area contributed by atoms with E-state index in [-0.39, 0.29) is 11.3 Å². The van der Waals surface area contributed by atoms with Crippen LogP contribution in [0.4, 0.5) is 5.82 Å². The van der Waals surface area contributed by atoms with Gasteiger partial charge in [0.15, 0.2) is 0 Å². The van der Waals surface area contributed by atoms with Crippen LogP contribution in [0.2, 0.25) is 0 Å². The van der Waals surface area contributed by atoms with E-state index in [0.717, 1.165) is 38.4 Å². The first-order chi connectivity index (χ1) is 8.98. The third-order valence-corrected chi connectivity index (χ3v) is 3.30. The Morgan fingerprint density at radius 1 is 1.16 bits per heavy atom. The molecule has 0 unspecified atom stereocenters. The minimum Gasteiger partial charge on any atom is -0.354 e. The van der Waals surface area contributed by atoms with E-state index in [1.807, 2.05) is 25.7 Å². The van der Waals surface area contributed by atoms with Crippen LogP contribution in [0.15, 0.2) is 18.6 Å². The highest BCUT2D eigenvalue weighted by Gasteiger charge is 2.28. The second kappa shape index (κ2) is 5.55. The van der Waals surface area contributed by atoms with Crippen molar-refractivity contribution in [3.05, 3.63) is 18.6 Å². The van der Waals surface area contributed by atoms with E-state index in [1.165, 1.54) is 0 Å². The third kappa shape index (κ3) is 3.43. The first-order valence-electron chi connectivity index (χ1n) is 6.79. The molecule has 1 amide bonds. The number of nitrogens with zero attached hydrogens (tertiary/aromatic N) is 4. The lowest BCUT2D eigenvalue weighted by Gasteiger charge is -2.28. The lowest BCUT2D eigenvalue weighted by atomic mass is 9.94. The molecule has 19 heavy (non-hydrogen) atoms. The second-order valence-electron chi connectivity index (χ2n) is 5.95. The number of rotatable bonds is 1. The fraction of sp³-hybridized carbons (Fsp3) is 0.643. The van der Waals surface area contributed by atoms with Gasteiger partial charge in [0.25, 0.3) is 0 Å². The zero-order valence-electron chi connectivity index (χ0n) is 12.0. The first kappa shape index (κ1) is 13.8. The van der Waals surface area contributed by atoms with E-state index in [2.05, 4.69) is 14.9 Å². The standard InChI is InChI=1S/C14H22N4O/c1-14(2,3)13(19)18-8-4-7-17(9-10-18)12-11-15-5-6-16-12/h5-6,11H,4,7-10H2,1-3H3. The summed E-state index contributed by atoms with van der Waals surface area (Å²) in [5.74, 6) is 1.13. The average molecular weight is 262 g/mol. The van der Waals surface area contributed by atoms with E-state index >= 15 is 0 Å². The molecule has 1 aromatic rings. The zero-order chi connectivity index (χ0) is 13.9. The summed E-state index contributed by atoms with van der Waals surface area (Å²) in [7, 11) is 0. The van der Waals surface area contributed by atoms with Crippen LogP contribution in [0.25, 0.3) is 0 Å². The number of hydrogen-bond donors (Lipinski definition) is 0. The van der Waals surface area contributed by atoms with Gasteiger partial charge in [-0.25, -0.2) is 4.98 Å². The molecule has 1 aromatic heterocycles. The van der Waals surface area contributed by atoms with Crippen LogP contribution in [0.3, 0.4) is 0 Å². The van der Waals surface area contributed by atoms with Crippen LogP contribution < -0.4 is 4.90 Å². The van der Waals surface area contributed by atoms with Gasteiger partial charge < -0.3 is 9.80 Å². The Morgan fingerprint density at radius 2 is 1.95 bits per heavy atom. The molecule has 0 aliphatic carbocycles. The lowest BCUT2D eigenvalue weighted by molar-refractivity contribution is -0.139. The zero-order valence-corrected chi connectivity index (χ0v) is 12.0. The lowest BCUT2D eigenvalue weighted by Crippen LogP contribution is -2.41. The molecule has 1 aliphatic rings. The SMILES string of the molecule is CC(C)(C)C(=O)N1CCCN(c2cnccn2)CC1. The summed E-state index contributed by atoms with van der Waals surface area (Å²) in [5, 5.41) is 0. The van der Waals surface area contributed by atoms with E-state index in [1.54, 1.807) is 18.6 Å². The van der Waals surface area contributed by atoms with Gasteiger partial charge in [-0.05, 0) is 6.42 Å². The molecule has 1 aliphatic heterocycles. The molecule has 0 atom stereocenters. The molecule has 0 bridgehead atoms. The van der Waals surface area contributed by atoms with Crippen LogP contribution in [0.5, 0.6) is 0 Å². The number of anilines is 1. The highest BCUT2D eigenvalue weighted by Crippen LogP contribution is 2.19. The van der Waals surface area contributed by atoms with Gasteiger partial charge in [0.2, 0.25) is 5.91 Å². The minimum atomic E-state index is -0.304. The molecule has 5 heteroatoms. The van der Waals surface area contributed by atoms with Crippen molar-refractivity contribution in [1.82, 2.24) is 14.9 Å². The fourth-order valence-electron chi connectivity index (χ4n) is 2.28. The number of carbonyl (C=O) groups excluding carboxylic acids is 1. The van der Waals surface area contributed by atoms with Crippen molar-refractivity contribution < 1.29 is 4.79 Å². The Labute approximate surface area is 114 Å². The predicted octanol–water partition coefficient (Wildman–Crippen LogP) is 1.56. The molecule has 2 heterocycles. The Hall–Kier alpha value is -1.65. The number of hydrogen-bond acceptors (Lipinski definition) is 4. The molecule has 1 saturated heterocycles. The normalized spacial score (nSPS) is 17.2. The molecular weight excluding hydrogens is 240 g/mol. The van der Waals surface area contributed by atoms with Crippen molar-refractivity contribution in [1.29, 1.82) is 0 Å². The summed E-state index contributed by atoms with van der Waals surface area (Å²) in [4.78, 5) is 24.9. The van der Waals surface area contributed by atoms with E-state index in [4.69, 9.17) is 0 Å². The highest BCUT2D eigenvalue weighted by atomic mass is 16.2. The van der Waals surface area contributed by atoms with Gasteiger partial charge in [0.1, 0.15) is 5.82 Å². The van der Waals surface area contributed by atoms with Crippen LogP contribution in [-0.2, 0) is 4.79 Å².